The van der Waals surface area contributed by atoms with Crippen molar-refractivity contribution >= 4 is 16.9 Å². The van der Waals surface area contributed by atoms with Crippen LogP contribution in [-0.4, -0.2) is 44.2 Å². The van der Waals surface area contributed by atoms with E-state index in [2.05, 4.69) is 4.98 Å². The monoisotopic (exact) mass is 421 g/mol. The Kier molecular flexibility index (Phi) is 4.27. The molecule has 162 valence electrons. The van der Waals surface area contributed by atoms with E-state index in [1.165, 1.54) is 16.8 Å². The Morgan fingerprint density at radius 3 is 2.57 bits per heavy atom. The molecular weight excluding hydrogens is 395 g/mol. The molecule has 0 bridgehead atoms. The van der Waals surface area contributed by atoms with E-state index in [0.717, 1.165) is 12.8 Å². The van der Waals surface area contributed by atoms with Gasteiger partial charge >= 0.3 is 6.18 Å². The van der Waals surface area contributed by atoms with Gasteiger partial charge < -0.3 is 14.6 Å². The predicted octanol–water partition coefficient (Wildman–Crippen LogP) is 3.84. The van der Waals surface area contributed by atoms with Crippen molar-refractivity contribution in [3.8, 4) is 0 Å². The second-order valence-corrected chi connectivity index (χ2v) is 10.1. The van der Waals surface area contributed by atoms with Gasteiger partial charge in [0.15, 0.2) is 0 Å². The Morgan fingerprint density at radius 1 is 1.23 bits per heavy atom. The molecule has 5 rings (SSSR count). The Balaban J connectivity index is 1.18. The number of nitrogens with zero attached hydrogens (tertiary/aromatic N) is 3. The number of carbonyl (C=O) groups excluding carboxylic acids is 1. The zero-order valence-electron chi connectivity index (χ0n) is 17.0. The van der Waals surface area contributed by atoms with Gasteiger partial charge in [-0.3, -0.25) is 4.79 Å². The molecule has 1 saturated heterocycles. The van der Waals surface area contributed by atoms with Crippen LogP contribution in [0.1, 0.15) is 44.7 Å². The van der Waals surface area contributed by atoms with E-state index < -0.39 is 17.5 Å². The van der Waals surface area contributed by atoms with E-state index >= 15 is 0 Å². The summed E-state index contributed by atoms with van der Waals surface area (Å²) in [5, 5.41) is 10.3. The number of rotatable bonds is 4. The van der Waals surface area contributed by atoms with Crippen LogP contribution in [0.5, 0.6) is 0 Å². The summed E-state index contributed by atoms with van der Waals surface area (Å²) < 4.78 is 41.8. The van der Waals surface area contributed by atoms with Crippen molar-refractivity contribution in [1.82, 2.24) is 14.5 Å². The molecule has 1 N–H and O–H groups in total. The van der Waals surface area contributed by atoms with E-state index in [4.69, 9.17) is 0 Å². The lowest BCUT2D eigenvalue weighted by Gasteiger charge is -2.59. The van der Waals surface area contributed by atoms with Crippen LogP contribution in [0.4, 0.5) is 13.2 Å². The fourth-order valence-corrected chi connectivity index (χ4v) is 5.96. The molecule has 3 heterocycles. The molecule has 3 fully saturated rings. The minimum atomic E-state index is -4.41. The number of pyridine rings is 1. The Morgan fingerprint density at radius 2 is 1.93 bits per heavy atom. The van der Waals surface area contributed by atoms with Gasteiger partial charge in [-0.15, -0.1) is 0 Å². The topological polar surface area (TPSA) is 58.4 Å². The van der Waals surface area contributed by atoms with E-state index in [1.807, 2.05) is 4.90 Å². The third-order valence-corrected chi connectivity index (χ3v) is 7.16. The molecule has 0 aromatic carbocycles. The summed E-state index contributed by atoms with van der Waals surface area (Å²) in [5.74, 6) is 0.584. The zero-order valence-corrected chi connectivity index (χ0v) is 17.0. The van der Waals surface area contributed by atoms with Crippen molar-refractivity contribution in [1.29, 1.82) is 0 Å². The van der Waals surface area contributed by atoms with Gasteiger partial charge in [-0.05, 0) is 62.6 Å². The third-order valence-electron chi connectivity index (χ3n) is 7.16. The molecule has 2 aromatic rings. The molecule has 1 aliphatic heterocycles. The summed E-state index contributed by atoms with van der Waals surface area (Å²) in [5.41, 5.74) is -0.790. The van der Waals surface area contributed by atoms with Gasteiger partial charge in [0.2, 0.25) is 5.91 Å². The fourth-order valence-electron chi connectivity index (χ4n) is 5.96. The number of halogens is 3. The first-order valence-corrected chi connectivity index (χ1v) is 10.6. The largest absolute Gasteiger partial charge is 0.431 e. The van der Waals surface area contributed by atoms with Gasteiger partial charge in [-0.25, -0.2) is 4.98 Å². The molecule has 1 amide bonds. The van der Waals surface area contributed by atoms with Crippen LogP contribution in [0.15, 0.2) is 24.4 Å². The third kappa shape index (κ3) is 3.39. The van der Waals surface area contributed by atoms with Crippen LogP contribution in [0.2, 0.25) is 0 Å². The highest BCUT2D eigenvalue weighted by molar-refractivity contribution is 5.78. The molecule has 2 aromatic heterocycles. The first-order chi connectivity index (χ1) is 14.0. The smallest absolute Gasteiger partial charge is 0.390 e. The lowest BCUT2D eigenvalue weighted by Crippen LogP contribution is -2.64. The number of aromatic nitrogens is 2. The summed E-state index contributed by atoms with van der Waals surface area (Å²) in [6, 6.07) is 4.49. The van der Waals surface area contributed by atoms with Crippen LogP contribution in [0.3, 0.4) is 0 Å². The summed E-state index contributed by atoms with van der Waals surface area (Å²) in [7, 11) is 0. The number of fused-ring (bicyclic) bond motifs is 1. The fraction of sp³-hybridized carbons (Fsp3) is 0.636. The maximum Gasteiger partial charge on any atom is 0.431 e. The maximum atomic E-state index is 13.5. The summed E-state index contributed by atoms with van der Waals surface area (Å²) in [6.07, 6.45) is 0.662. The molecule has 5 nitrogen and oxygen atoms in total. The number of alkyl halides is 3. The number of aliphatic hydroxyl groups is 1. The average molecular weight is 421 g/mol. The van der Waals surface area contributed by atoms with Crippen molar-refractivity contribution in [3.05, 3.63) is 30.1 Å². The van der Waals surface area contributed by atoms with Gasteiger partial charge in [0.05, 0.1) is 5.60 Å². The van der Waals surface area contributed by atoms with Gasteiger partial charge in [-0.1, -0.05) is 0 Å². The van der Waals surface area contributed by atoms with Crippen molar-refractivity contribution < 1.29 is 23.1 Å². The van der Waals surface area contributed by atoms with Crippen molar-refractivity contribution in [3.63, 3.8) is 0 Å². The normalized spacial score (nSPS) is 28.3. The Bertz CT molecular complexity index is 975. The molecule has 3 aliphatic rings. The van der Waals surface area contributed by atoms with Crippen LogP contribution in [-0.2, 0) is 17.5 Å². The van der Waals surface area contributed by atoms with Crippen molar-refractivity contribution in [2.45, 2.75) is 57.3 Å². The highest BCUT2D eigenvalue weighted by atomic mass is 19.4. The molecule has 2 saturated carbocycles. The standard InChI is InChI=1S/C22H26F3N3O2/c1-20(30)7-14(8-20)5-18(29)27-12-21(13-27)9-15(10-21)11-28-17(22(23,24)25)6-16-3-2-4-26-19(16)28/h2-4,6,14-15,30H,5,7-13H2,1H3. The van der Waals surface area contributed by atoms with Gasteiger partial charge in [-0.2, -0.15) is 13.2 Å². The first kappa shape index (κ1) is 19.8. The second-order valence-electron chi connectivity index (χ2n) is 10.1. The van der Waals surface area contributed by atoms with E-state index in [1.54, 1.807) is 19.1 Å². The van der Waals surface area contributed by atoms with Gasteiger partial charge in [0.25, 0.3) is 0 Å². The minimum Gasteiger partial charge on any atom is -0.390 e. The van der Waals surface area contributed by atoms with Crippen LogP contribution in [0, 0.1) is 17.3 Å². The van der Waals surface area contributed by atoms with E-state index in [-0.39, 0.29) is 23.2 Å². The molecule has 0 atom stereocenters. The number of likely N-dealkylation sites (tertiary alicyclic amines) is 1. The first-order valence-electron chi connectivity index (χ1n) is 10.6. The molecule has 0 unspecified atom stereocenters. The molecule has 1 spiro atoms. The lowest BCUT2D eigenvalue weighted by molar-refractivity contribution is -0.161. The Labute approximate surface area is 172 Å². The summed E-state index contributed by atoms with van der Waals surface area (Å²) in [4.78, 5) is 18.5. The molecule has 0 radical (unpaired) electrons. The quantitative estimate of drug-likeness (QED) is 0.816. The summed E-state index contributed by atoms with van der Waals surface area (Å²) >= 11 is 0. The van der Waals surface area contributed by atoms with Crippen LogP contribution >= 0.6 is 0 Å². The van der Waals surface area contributed by atoms with Crippen LogP contribution < -0.4 is 0 Å². The molecule has 2 aliphatic carbocycles. The zero-order chi connectivity index (χ0) is 21.3. The van der Waals surface area contributed by atoms with Crippen LogP contribution in [0.25, 0.3) is 11.0 Å². The number of carbonyl (C=O) groups is 1. The predicted molar refractivity (Wildman–Crippen MR) is 104 cm³/mol. The second kappa shape index (κ2) is 6.45. The molecule has 30 heavy (non-hydrogen) atoms. The van der Waals surface area contributed by atoms with E-state index in [9.17, 15) is 23.1 Å². The number of hydrogen-bond donors (Lipinski definition) is 1. The maximum absolute atomic E-state index is 13.5. The summed E-state index contributed by atoms with van der Waals surface area (Å²) in [6.45, 7) is 3.53. The lowest BCUT2D eigenvalue weighted by atomic mass is 9.57. The highest BCUT2D eigenvalue weighted by Crippen LogP contribution is 2.53. The number of amides is 1. The SMILES string of the molecule is CC1(O)CC(CC(=O)N2CC3(CC(Cn4c(C(F)(F)F)cc5cccnc54)C3)C2)C1. The minimum absolute atomic E-state index is 0.0835. The highest BCUT2D eigenvalue weighted by Gasteiger charge is 2.54. The Hall–Kier alpha value is -2.09. The van der Waals surface area contributed by atoms with Gasteiger partial charge in [0, 0.05) is 43.1 Å². The molecular formula is C22H26F3N3O2. The van der Waals surface area contributed by atoms with E-state index in [0.29, 0.717) is 49.9 Å². The van der Waals surface area contributed by atoms with Gasteiger partial charge in [0.1, 0.15) is 11.3 Å². The number of hydrogen-bond acceptors (Lipinski definition) is 3. The average Bonchev–Trinajstić information content (AvgIpc) is 2.93. The van der Waals surface area contributed by atoms with Crippen molar-refractivity contribution in [2.75, 3.05) is 13.1 Å². The van der Waals surface area contributed by atoms with Crippen molar-refractivity contribution in [2.24, 2.45) is 17.3 Å². The molecule has 8 heteroatoms.